The molecule has 0 bridgehead atoms. The third-order valence-corrected chi connectivity index (χ3v) is 4.47. The highest BCUT2D eigenvalue weighted by Gasteiger charge is 2.27. The van der Waals surface area contributed by atoms with E-state index in [-0.39, 0.29) is 5.91 Å². The van der Waals surface area contributed by atoms with Gasteiger partial charge in [0, 0.05) is 12.7 Å². The lowest BCUT2D eigenvalue weighted by atomic mass is 10.1. The van der Waals surface area contributed by atoms with Crippen LogP contribution < -0.4 is 4.90 Å². The highest BCUT2D eigenvalue weighted by Crippen LogP contribution is 2.31. The second-order valence-electron chi connectivity index (χ2n) is 5.58. The van der Waals surface area contributed by atoms with Crippen LogP contribution in [0.2, 0.25) is 10.0 Å². The average Bonchev–Trinajstić information content (AvgIpc) is 3.33. The van der Waals surface area contributed by atoms with Crippen LogP contribution in [-0.4, -0.2) is 17.4 Å². The van der Waals surface area contributed by atoms with Gasteiger partial charge in [0.05, 0.1) is 28.4 Å². The number of benzene rings is 1. The number of hydrogen-bond acceptors (Lipinski definition) is 2. The van der Waals surface area contributed by atoms with Crippen molar-refractivity contribution in [3.05, 3.63) is 58.3 Å². The summed E-state index contributed by atoms with van der Waals surface area (Å²) >= 11 is 11.9. The van der Waals surface area contributed by atoms with Crippen molar-refractivity contribution in [2.24, 2.45) is 5.92 Å². The summed E-state index contributed by atoms with van der Waals surface area (Å²) in [6.07, 6.45) is 6.13. The van der Waals surface area contributed by atoms with E-state index < -0.39 is 0 Å². The Bertz CT molecular complexity index is 672. The fourth-order valence-electron chi connectivity index (χ4n) is 2.34. The number of nitrogens with zero attached hydrogens (tertiary/aromatic N) is 2. The molecule has 0 saturated heterocycles. The lowest BCUT2D eigenvalue weighted by Gasteiger charge is -2.22. The van der Waals surface area contributed by atoms with Gasteiger partial charge in [-0.1, -0.05) is 29.3 Å². The van der Waals surface area contributed by atoms with Crippen molar-refractivity contribution < 1.29 is 4.79 Å². The molecule has 0 atom stereocenters. The number of rotatable bonds is 5. The fourth-order valence-corrected chi connectivity index (χ4v) is 2.66. The van der Waals surface area contributed by atoms with Crippen molar-refractivity contribution in [2.45, 2.75) is 19.3 Å². The molecule has 0 unspecified atom stereocenters. The van der Waals surface area contributed by atoms with Gasteiger partial charge in [-0.2, -0.15) is 0 Å². The number of anilines is 1. The predicted octanol–water partition coefficient (Wildman–Crippen LogP) is 4.37. The normalized spacial score (nSPS) is 13.9. The van der Waals surface area contributed by atoms with E-state index >= 15 is 0 Å². The first kappa shape index (κ1) is 15.3. The lowest BCUT2D eigenvalue weighted by molar-refractivity contribution is -0.118. The predicted molar refractivity (Wildman–Crippen MR) is 89.5 cm³/mol. The summed E-state index contributed by atoms with van der Waals surface area (Å²) in [5.41, 5.74) is 1.71. The summed E-state index contributed by atoms with van der Waals surface area (Å²) in [5, 5.41) is 0.974. The fraction of sp³-hybridized carbons (Fsp3) is 0.294. The summed E-state index contributed by atoms with van der Waals surface area (Å²) in [5.74, 6) is 0.663. The molecular weight excluding hydrogens is 319 g/mol. The molecule has 22 heavy (non-hydrogen) atoms. The quantitative estimate of drug-likeness (QED) is 0.813. The van der Waals surface area contributed by atoms with E-state index in [1.807, 2.05) is 23.1 Å². The van der Waals surface area contributed by atoms with E-state index in [4.69, 9.17) is 23.2 Å². The molecular formula is C17H16Cl2N2O. The number of halogens is 2. The first-order valence-corrected chi connectivity index (χ1v) is 8.03. The molecule has 0 aliphatic heterocycles. The maximum Gasteiger partial charge on any atom is 0.231 e. The number of aromatic nitrogens is 1. The smallest absolute Gasteiger partial charge is 0.231 e. The zero-order valence-electron chi connectivity index (χ0n) is 12.0. The third-order valence-electron chi connectivity index (χ3n) is 3.74. The van der Waals surface area contributed by atoms with E-state index in [2.05, 4.69) is 4.98 Å². The molecule has 114 valence electrons. The summed E-state index contributed by atoms with van der Waals surface area (Å²) < 4.78 is 0. The maximum absolute atomic E-state index is 12.7. The van der Waals surface area contributed by atoms with Gasteiger partial charge in [0.1, 0.15) is 0 Å². The van der Waals surface area contributed by atoms with Gasteiger partial charge in [-0.05, 0) is 48.6 Å². The minimum Gasteiger partial charge on any atom is -0.310 e. The SMILES string of the molecule is O=C(Cc1ccc(Cl)c(Cl)c1)N(CC1CC1)c1cccnc1. The van der Waals surface area contributed by atoms with E-state index in [1.54, 1.807) is 24.5 Å². The molecule has 1 fully saturated rings. The van der Waals surface area contributed by atoms with Crippen LogP contribution in [0.15, 0.2) is 42.7 Å². The Morgan fingerprint density at radius 1 is 1.23 bits per heavy atom. The van der Waals surface area contributed by atoms with Gasteiger partial charge in [0.25, 0.3) is 0 Å². The zero-order chi connectivity index (χ0) is 15.5. The van der Waals surface area contributed by atoms with Gasteiger partial charge in [0.2, 0.25) is 5.91 Å². The third kappa shape index (κ3) is 3.79. The minimum atomic E-state index is 0.0540. The summed E-state index contributed by atoms with van der Waals surface area (Å²) in [7, 11) is 0. The summed E-state index contributed by atoms with van der Waals surface area (Å²) in [6.45, 7) is 0.756. The number of amides is 1. The molecule has 1 heterocycles. The van der Waals surface area contributed by atoms with Crippen LogP contribution in [0.3, 0.4) is 0 Å². The van der Waals surface area contributed by atoms with Gasteiger partial charge < -0.3 is 4.90 Å². The number of carbonyl (C=O) groups excluding carboxylic acids is 1. The van der Waals surface area contributed by atoms with Crippen molar-refractivity contribution in [2.75, 3.05) is 11.4 Å². The Balaban J connectivity index is 1.78. The molecule has 2 aromatic rings. The Labute approximate surface area is 139 Å². The van der Waals surface area contributed by atoms with Crippen molar-refractivity contribution in [3.63, 3.8) is 0 Å². The monoisotopic (exact) mass is 334 g/mol. The molecule has 0 radical (unpaired) electrons. The van der Waals surface area contributed by atoms with Gasteiger partial charge in [-0.25, -0.2) is 0 Å². The number of hydrogen-bond donors (Lipinski definition) is 0. The van der Waals surface area contributed by atoms with Crippen LogP contribution >= 0.6 is 23.2 Å². The standard InChI is InChI=1S/C17H16Cl2N2O/c18-15-6-5-13(8-16(15)19)9-17(22)21(11-12-3-4-12)14-2-1-7-20-10-14/h1-2,5-8,10,12H,3-4,9,11H2. The largest absolute Gasteiger partial charge is 0.310 e. The van der Waals surface area contributed by atoms with Crippen molar-refractivity contribution in [1.29, 1.82) is 0 Å². The van der Waals surface area contributed by atoms with E-state index in [1.165, 1.54) is 12.8 Å². The Kier molecular flexibility index (Phi) is 4.65. The van der Waals surface area contributed by atoms with Crippen LogP contribution in [0.5, 0.6) is 0 Å². The van der Waals surface area contributed by atoms with Crippen molar-refractivity contribution >= 4 is 34.8 Å². The first-order valence-electron chi connectivity index (χ1n) is 7.28. The van der Waals surface area contributed by atoms with E-state index in [9.17, 15) is 4.79 Å². The maximum atomic E-state index is 12.7. The molecule has 1 amide bonds. The van der Waals surface area contributed by atoms with Crippen LogP contribution in [0.1, 0.15) is 18.4 Å². The van der Waals surface area contributed by atoms with Crippen LogP contribution in [0.25, 0.3) is 0 Å². The highest BCUT2D eigenvalue weighted by atomic mass is 35.5. The Hall–Kier alpha value is -1.58. The number of carbonyl (C=O) groups is 1. The molecule has 1 saturated carbocycles. The van der Waals surface area contributed by atoms with Gasteiger partial charge in [-0.3, -0.25) is 9.78 Å². The van der Waals surface area contributed by atoms with Crippen LogP contribution in [-0.2, 0) is 11.2 Å². The zero-order valence-corrected chi connectivity index (χ0v) is 13.5. The van der Waals surface area contributed by atoms with Crippen molar-refractivity contribution in [1.82, 2.24) is 4.98 Å². The molecule has 1 aliphatic carbocycles. The second kappa shape index (κ2) is 6.67. The van der Waals surface area contributed by atoms with Gasteiger partial charge in [-0.15, -0.1) is 0 Å². The molecule has 1 aliphatic rings. The van der Waals surface area contributed by atoms with Crippen LogP contribution in [0.4, 0.5) is 5.69 Å². The Morgan fingerprint density at radius 2 is 2.05 bits per heavy atom. The minimum absolute atomic E-state index is 0.0540. The molecule has 5 heteroatoms. The summed E-state index contributed by atoms with van der Waals surface area (Å²) in [4.78, 5) is 18.6. The molecule has 1 aromatic carbocycles. The van der Waals surface area contributed by atoms with Crippen LogP contribution in [0, 0.1) is 5.92 Å². The topological polar surface area (TPSA) is 33.2 Å². The van der Waals surface area contributed by atoms with E-state index in [0.717, 1.165) is 17.8 Å². The summed E-state index contributed by atoms with van der Waals surface area (Å²) in [6, 6.07) is 9.08. The second-order valence-corrected chi connectivity index (χ2v) is 6.40. The molecule has 1 aromatic heterocycles. The Morgan fingerprint density at radius 3 is 2.68 bits per heavy atom. The van der Waals surface area contributed by atoms with E-state index in [0.29, 0.717) is 22.4 Å². The molecule has 3 rings (SSSR count). The molecule has 0 spiro atoms. The molecule has 3 nitrogen and oxygen atoms in total. The first-order chi connectivity index (χ1) is 10.6. The molecule has 0 N–H and O–H groups in total. The number of pyridine rings is 1. The highest BCUT2D eigenvalue weighted by molar-refractivity contribution is 6.42. The van der Waals surface area contributed by atoms with Crippen molar-refractivity contribution in [3.8, 4) is 0 Å². The van der Waals surface area contributed by atoms with Gasteiger partial charge >= 0.3 is 0 Å². The average molecular weight is 335 g/mol. The van der Waals surface area contributed by atoms with Gasteiger partial charge in [0.15, 0.2) is 0 Å². The lowest BCUT2D eigenvalue weighted by Crippen LogP contribution is -2.34.